The van der Waals surface area contributed by atoms with Gasteiger partial charge < -0.3 is 9.73 Å². The zero-order chi connectivity index (χ0) is 11.7. The molecular formula is C12H13N3O2. The summed E-state index contributed by atoms with van der Waals surface area (Å²) in [5.74, 6) is 0.868. The van der Waals surface area contributed by atoms with E-state index in [1.54, 1.807) is 18.5 Å². The van der Waals surface area contributed by atoms with Gasteiger partial charge in [-0.25, -0.2) is 0 Å². The lowest BCUT2D eigenvalue weighted by Gasteiger charge is -2.22. The van der Waals surface area contributed by atoms with Gasteiger partial charge in [0.05, 0.1) is 12.3 Å². The fourth-order valence-electron chi connectivity index (χ4n) is 2.25. The summed E-state index contributed by atoms with van der Waals surface area (Å²) in [5.41, 5.74) is 1.59. The van der Waals surface area contributed by atoms with E-state index in [-0.39, 0.29) is 11.9 Å². The lowest BCUT2D eigenvalue weighted by Crippen LogP contribution is -2.30. The van der Waals surface area contributed by atoms with Gasteiger partial charge in [0.25, 0.3) is 5.91 Å². The molecule has 0 bridgehead atoms. The summed E-state index contributed by atoms with van der Waals surface area (Å²) in [7, 11) is 0. The fraction of sp³-hybridized carbons (Fsp3) is 0.333. The predicted molar refractivity (Wildman–Crippen MR) is 60.4 cm³/mol. The van der Waals surface area contributed by atoms with Crippen molar-refractivity contribution in [1.29, 1.82) is 0 Å². The molecule has 0 unspecified atom stereocenters. The minimum Gasteiger partial charge on any atom is -0.469 e. The molecule has 0 spiro atoms. The Morgan fingerprint density at radius 3 is 3.29 bits per heavy atom. The Balaban J connectivity index is 1.77. The molecule has 5 nitrogen and oxygen atoms in total. The standard InChI is InChI=1S/C12H13N3O2/c16-12(10-4-6-13-15-10)14-9-2-1-3-11-8(9)5-7-17-11/h4-7,9H,1-3H2,(H,13,15)(H,14,16)/t9-/m0/s1. The normalized spacial score (nSPS) is 18.7. The van der Waals surface area contributed by atoms with Gasteiger partial charge in [0.15, 0.2) is 0 Å². The molecule has 0 radical (unpaired) electrons. The Bertz CT molecular complexity index is 516. The Morgan fingerprint density at radius 2 is 2.47 bits per heavy atom. The maximum Gasteiger partial charge on any atom is 0.269 e. The highest BCUT2D eigenvalue weighted by Crippen LogP contribution is 2.30. The summed E-state index contributed by atoms with van der Waals surface area (Å²) >= 11 is 0. The first-order valence-electron chi connectivity index (χ1n) is 5.71. The zero-order valence-electron chi connectivity index (χ0n) is 9.27. The van der Waals surface area contributed by atoms with Crippen LogP contribution in [-0.4, -0.2) is 16.1 Å². The van der Waals surface area contributed by atoms with Gasteiger partial charge >= 0.3 is 0 Å². The lowest BCUT2D eigenvalue weighted by molar-refractivity contribution is 0.0927. The molecule has 2 aromatic rings. The van der Waals surface area contributed by atoms with Gasteiger partial charge in [0.2, 0.25) is 0 Å². The van der Waals surface area contributed by atoms with Crippen molar-refractivity contribution in [2.75, 3.05) is 0 Å². The van der Waals surface area contributed by atoms with Gasteiger partial charge in [-0.15, -0.1) is 0 Å². The van der Waals surface area contributed by atoms with Gasteiger partial charge in [0, 0.05) is 18.2 Å². The van der Waals surface area contributed by atoms with E-state index in [2.05, 4.69) is 15.5 Å². The van der Waals surface area contributed by atoms with Crippen molar-refractivity contribution in [2.45, 2.75) is 25.3 Å². The number of furan rings is 1. The minimum absolute atomic E-state index is 0.0494. The molecule has 3 rings (SSSR count). The highest BCUT2D eigenvalue weighted by atomic mass is 16.3. The van der Waals surface area contributed by atoms with Gasteiger partial charge in [-0.3, -0.25) is 9.89 Å². The van der Waals surface area contributed by atoms with Gasteiger partial charge in [0.1, 0.15) is 11.5 Å². The Labute approximate surface area is 98.2 Å². The van der Waals surface area contributed by atoms with E-state index in [9.17, 15) is 4.79 Å². The number of rotatable bonds is 2. The predicted octanol–water partition coefficient (Wildman–Crippen LogP) is 1.81. The van der Waals surface area contributed by atoms with Crippen LogP contribution in [0.3, 0.4) is 0 Å². The number of carbonyl (C=O) groups is 1. The quantitative estimate of drug-likeness (QED) is 0.828. The van der Waals surface area contributed by atoms with Gasteiger partial charge in [-0.1, -0.05) is 0 Å². The smallest absolute Gasteiger partial charge is 0.269 e. The lowest BCUT2D eigenvalue weighted by atomic mass is 9.93. The molecule has 2 N–H and O–H groups in total. The number of amides is 1. The van der Waals surface area contributed by atoms with Crippen LogP contribution < -0.4 is 5.32 Å². The molecule has 5 heteroatoms. The van der Waals surface area contributed by atoms with Crippen molar-refractivity contribution in [3.8, 4) is 0 Å². The van der Waals surface area contributed by atoms with Crippen LogP contribution in [0.2, 0.25) is 0 Å². The van der Waals surface area contributed by atoms with Crippen LogP contribution in [0.5, 0.6) is 0 Å². The molecule has 0 aromatic carbocycles. The van der Waals surface area contributed by atoms with Crippen LogP contribution in [0, 0.1) is 0 Å². The first-order chi connectivity index (χ1) is 8.34. The van der Waals surface area contributed by atoms with E-state index >= 15 is 0 Å². The van der Waals surface area contributed by atoms with E-state index in [0.29, 0.717) is 5.69 Å². The summed E-state index contributed by atoms with van der Waals surface area (Å²) in [6.45, 7) is 0. The molecule has 0 aliphatic heterocycles. The summed E-state index contributed by atoms with van der Waals surface area (Å²) in [6.07, 6.45) is 6.20. The average molecular weight is 231 g/mol. The molecule has 0 saturated heterocycles. The SMILES string of the molecule is O=C(N[C@H]1CCCc2occc21)c1ccn[nH]1. The van der Waals surface area contributed by atoms with Crippen LogP contribution in [0.15, 0.2) is 29.0 Å². The number of carbonyl (C=O) groups excluding carboxylic acids is 1. The fourth-order valence-corrected chi connectivity index (χ4v) is 2.25. The van der Waals surface area contributed by atoms with E-state index < -0.39 is 0 Å². The first kappa shape index (κ1) is 10.1. The summed E-state index contributed by atoms with van der Waals surface area (Å²) in [5, 5.41) is 9.42. The van der Waals surface area contributed by atoms with E-state index in [0.717, 1.165) is 30.6 Å². The van der Waals surface area contributed by atoms with Crippen LogP contribution in [0.25, 0.3) is 0 Å². The molecular weight excluding hydrogens is 218 g/mol. The molecule has 0 fully saturated rings. The average Bonchev–Trinajstić information content (AvgIpc) is 3.00. The highest BCUT2D eigenvalue weighted by molar-refractivity contribution is 5.92. The molecule has 1 amide bonds. The third-order valence-corrected chi connectivity index (χ3v) is 3.10. The molecule has 1 aliphatic rings. The highest BCUT2D eigenvalue weighted by Gasteiger charge is 2.24. The summed E-state index contributed by atoms with van der Waals surface area (Å²) in [4.78, 5) is 11.9. The molecule has 1 aliphatic carbocycles. The van der Waals surface area contributed by atoms with Crippen molar-refractivity contribution in [2.24, 2.45) is 0 Å². The van der Waals surface area contributed by atoms with Crippen LogP contribution in [0.4, 0.5) is 0 Å². The second kappa shape index (κ2) is 4.08. The molecule has 2 aromatic heterocycles. The monoisotopic (exact) mass is 231 g/mol. The Hall–Kier alpha value is -2.04. The number of hydrogen-bond acceptors (Lipinski definition) is 3. The van der Waals surface area contributed by atoms with Crippen molar-refractivity contribution in [3.63, 3.8) is 0 Å². The Morgan fingerprint density at radius 1 is 1.53 bits per heavy atom. The van der Waals surface area contributed by atoms with Crippen LogP contribution >= 0.6 is 0 Å². The van der Waals surface area contributed by atoms with Crippen LogP contribution in [0.1, 0.15) is 40.7 Å². The Kier molecular flexibility index (Phi) is 2.44. The van der Waals surface area contributed by atoms with E-state index in [1.807, 2.05) is 6.07 Å². The van der Waals surface area contributed by atoms with Crippen molar-refractivity contribution in [3.05, 3.63) is 41.6 Å². The number of aromatic amines is 1. The molecule has 2 heterocycles. The largest absolute Gasteiger partial charge is 0.469 e. The van der Waals surface area contributed by atoms with E-state index in [4.69, 9.17) is 4.42 Å². The number of aryl methyl sites for hydroxylation is 1. The van der Waals surface area contributed by atoms with Crippen molar-refractivity contribution in [1.82, 2.24) is 15.5 Å². The second-order valence-corrected chi connectivity index (χ2v) is 4.19. The maximum atomic E-state index is 11.9. The maximum absolute atomic E-state index is 11.9. The number of H-pyrrole nitrogens is 1. The second-order valence-electron chi connectivity index (χ2n) is 4.19. The number of nitrogens with one attached hydrogen (secondary N) is 2. The molecule has 1 atom stereocenters. The van der Waals surface area contributed by atoms with Crippen molar-refractivity contribution < 1.29 is 9.21 Å². The van der Waals surface area contributed by atoms with Gasteiger partial charge in [-0.2, -0.15) is 5.10 Å². The molecule has 17 heavy (non-hydrogen) atoms. The third kappa shape index (κ3) is 1.84. The third-order valence-electron chi connectivity index (χ3n) is 3.10. The number of nitrogens with zero attached hydrogens (tertiary/aromatic N) is 1. The topological polar surface area (TPSA) is 70.9 Å². The number of aromatic nitrogens is 2. The first-order valence-corrected chi connectivity index (χ1v) is 5.71. The van der Waals surface area contributed by atoms with Crippen molar-refractivity contribution >= 4 is 5.91 Å². The van der Waals surface area contributed by atoms with E-state index in [1.165, 1.54) is 0 Å². The molecule has 88 valence electrons. The number of hydrogen-bond donors (Lipinski definition) is 2. The summed E-state index contributed by atoms with van der Waals surface area (Å²) < 4.78 is 5.39. The number of fused-ring (bicyclic) bond motifs is 1. The molecule has 0 saturated carbocycles. The van der Waals surface area contributed by atoms with Gasteiger partial charge in [-0.05, 0) is 25.0 Å². The summed E-state index contributed by atoms with van der Waals surface area (Å²) in [6, 6.07) is 3.65. The zero-order valence-corrected chi connectivity index (χ0v) is 9.27. The van der Waals surface area contributed by atoms with Crippen LogP contribution in [-0.2, 0) is 6.42 Å². The minimum atomic E-state index is -0.124.